The minimum absolute atomic E-state index is 0.0231. The van der Waals surface area contributed by atoms with Crippen LogP contribution in [0.5, 0.6) is 0 Å². The number of piperidine rings is 1. The molecule has 1 aliphatic heterocycles. The van der Waals surface area contributed by atoms with E-state index in [-0.39, 0.29) is 18.0 Å². The third-order valence-corrected chi connectivity index (χ3v) is 9.41. The molecule has 0 radical (unpaired) electrons. The summed E-state index contributed by atoms with van der Waals surface area (Å²) in [6.45, 7) is 2.35. The first-order valence-corrected chi connectivity index (χ1v) is 14.4. The van der Waals surface area contributed by atoms with Gasteiger partial charge in [0.2, 0.25) is 0 Å². The van der Waals surface area contributed by atoms with Gasteiger partial charge in [0, 0.05) is 32.2 Å². The highest BCUT2D eigenvalue weighted by atomic mass is 16.5. The van der Waals surface area contributed by atoms with Crippen LogP contribution in [0.3, 0.4) is 0 Å². The van der Waals surface area contributed by atoms with Crippen LogP contribution in [0.1, 0.15) is 103 Å². The predicted molar refractivity (Wildman–Crippen MR) is 139 cm³/mol. The number of primary amides is 1. The van der Waals surface area contributed by atoms with Crippen molar-refractivity contribution in [3.63, 3.8) is 0 Å². The molecule has 1 heterocycles. The fourth-order valence-electron chi connectivity index (χ4n) is 7.81. The summed E-state index contributed by atoms with van der Waals surface area (Å²) in [7, 11) is 3.78. The topological polar surface area (TPSA) is 87.8 Å². The van der Waals surface area contributed by atoms with Crippen molar-refractivity contribution >= 4 is 6.03 Å². The minimum Gasteiger partial charge on any atom is -0.389 e. The normalized spacial score (nSPS) is 27.9. The Balaban J connectivity index is 1.91. The smallest absolute Gasteiger partial charge is 0.315 e. The molecule has 0 bridgehead atoms. The molecular weight excluding hydrogens is 426 g/mol. The largest absolute Gasteiger partial charge is 0.389 e. The minimum atomic E-state index is -0.731. The molecule has 3 aliphatic rings. The van der Waals surface area contributed by atoms with Crippen LogP contribution in [-0.2, 0) is 4.74 Å². The molecule has 0 aromatic rings. The zero-order chi connectivity index (χ0) is 24.4. The second kappa shape index (κ2) is 14.0. The van der Waals surface area contributed by atoms with Crippen LogP contribution >= 0.6 is 0 Å². The van der Waals surface area contributed by atoms with Crippen LogP contribution < -0.4 is 11.1 Å². The van der Waals surface area contributed by atoms with E-state index in [4.69, 9.17) is 10.5 Å². The predicted octanol–water partition coefficient (Wildman–Crippen LogP) is 5.08. The number of carbonyl (C=O) groups excluding carboxylic acids is 1. The van der Waals surface area contributed by atoms with Crippen molar-refractivity contribution in [2.24, 2.45) is 29.4 Å². The molecule has 1 saturated heterocycles. The number of aliphatic hydroxyl groups is 1. The summed E-state index contributed by atoms with van der Waals surface area (Å²) in [5.41, 5.74) is 5.29. The van der Waals surface area contributed by atoms with Gasteiger partial charge >= 0.3 is 6.03 Å². The van der Waals surface area contributed by atoms with Gasteiger partial charge in [-0.15, -0.1) is 0 Å². The second-order valence-electron chi connectivity index (χ2n) is 11.6. The lowest BCUT2D eigenvalue weighted by Gasteiger charge is -2.54. The van der Waals surface area contributed by atoms with E-state index in [1.165, 1.54) is 51.4 Å². The Kier molecular flexibility index (Phi) is 11.4. The molecule has 2 unspecified atom stereocenters. The van der Waals surface area contributed by atoms with Crippen LogP contribution in [0, 0.1) is 23.7 Å². The number of carbonyl (C=O) groups is 1. The first-order chi connectivity index (χ1) is 16.5. The number of likely N-dealkylation sites (tertiary alicyclic amines) is 1. The summed E-state index contributed by atoms with van der Waals surface area (Å²) in [5.74, 6) is 1.49. The van der Waals surface area contributed by atoms with Gasteiger partial charge in [-0.3, -0.25) is 0 Å². The molecule has 4 N–H and O–H groups in total. The van der Waals surface area contributed by atoms with Crippen molar-refractivity contribution < 1.29 is 14.6 Å². The molecule has 6 heteroatoms. The van der Waals surface area contributed by atoms with Crippen LogP contribution in [0.15, 0.2) is 0 Å². The van der Waals surface area contributed by atoms with E-state index >= 15 is 0 Å². The average Bonchev–Trinajstić information content (AvgIpc) is 2.87. The molecule has 6 nitrogen and oxygen atoms in total. The highest BCUT2D eigenvalue weighted by molar-refractivity contribution is 5.72. The third kappa shape index (κ3) is 7.10. The van der Waals surface area contributed by atoms with Gasteiger partial charge in [0.1, 0.15) is 0 Å². The van der Waals surface area contributed by atoms with E-state index in [2.05, 4.69) is 5.32 Å². The van der Waals surface area contributed by atoms with Gasteiger partial charge in [-0.25, -0.2) is 4.79 Å². The summed E-state index contributed by atoms with van der Waals surface area (Å²) < 4.78 is 5.31. The van der Waals surface area contributed by atoms with Crippen LogP contribution in [-0.4, -0.2) is 61.5 Å². The van der Waals surface area contributed by atoms with E-state index in [9.17, 15) is 9.90 Å². The summed E-state index contributed by atoms with van der Waals surface area (Å²) in [6.07, 6.45) is 18.4. The van der Waals surface area contributed by atoms with Crippen LogP contribution in [0.25, 0.3) is 0 Å². The second-order valence-corrected chi connectivity index (χ2v) is 11.6. The standard InChI is InChI=1S/C28H53N3O3/c1-30-21-23(20-22-12-5-3-6-13-22)26-25(16-11-18-31(26)27(29)32)28(33,17-9-10-19-34-2)24-14-7-4-8-15-24/h22-26,30,33H,3-21H2,1-2H3,(H2,29,32)/t23-,25?,26?,28-/m0/s1. The molecule has 0 aromatic carbocycles. The quantitative estimate of drug-likeness (QED) is 0.341. The van der Waals surface area contributed by atoms with E-state index < -0.39 is 5.60 Å². The Labute approximate surface area is 208 Å². The van der Waals surface area contributed by atoms with Gasteiger partial charge in [-0.2, -0.15) is 0 Å². The Morgan fingerprint density at radius 2 is 1.74 bits per heavy atom. The van der Waals surface area contributed by atoms with Crippen LogP contribution in [0.2, 0.25) is 0 Å². The Morgan fingerprint density at radius 3 is 2.35 bits per heavy atom. The fourth-order valence-corrected chi connectivity index (χ4v) is 7.81. The van der Waals surface area contributed by atoms with E-state index in [1.807, 2.05) is 11.9 Å². The Bertz CT molecular complexity index is 591. The van der Waals surface area contributed by atoms with E-state index in [1.54, 1.807) is 7.11 Å². The number of nitrogens with two attached hydrogens (primary N) is 1. The number of nitrogens with zero attached hydrogens (tertiary/aromatic N) is 1. The van der Waals surface area contributed by atoms with Gasteiger partial charge in [0.15, 0.2) is 0 Å². The molecule has 2 aliphatic carbocycles. The number of unbranched alkanes of at least 4 members (excludes halogenated alkanes) is 1. The maximum atomic E-state index is 12.7. The van der Waals surface area contributed by atoms with Gasteiger partial charge < -0.3 is 25.8 Å². The zero-order valence-electron chi connectivity index (χ0n) is 22.1. The number of urea groups is 1. The van der Waals surface area contributed by atoms with Gasteiger partial charge in [-0.05, 0) is 82.7 Å². The summed E-state index contributed by atoms with van der Waals surface area (Å²) in [4.78, 5) is 14.7. The monoisotopic (exact) mass is 479 g/mol. The van der Waals surface area contributed by atoms with Gasteiger partial charge in [-0.1, -0.05) is 51.4 Å². The first kappa shape index (κ1) is 27.7. The maximum absolute atomic E-state index is 12.7. The third-order valence-electron chi connectivity index (χ3n) is 9.41. The number of hydrogen-bond donors (Lipinski definition) is 3. The van der Waals surface area contributed by atoms with E-state index in [0.29, 0.717) is 11.8 Å². The molecule has 2 saturated carbocycles. The number of methoxy groups -OCH3 is 1. The molecule has 4 atom stereocenters. The lowest BCUT2D eigenvalue weighted by molar-refractivity contribution is -0.130. The molecule has 2 amide bonds. The average molecular weight is 480 g/mol. The molecule has 34 heavy (non-hydrogen) atoms. The highest BCUT2D eigenvalue weighted by Gasteiger charge is 2.51. The lowest BCUT2D eigenvalue weighted by atomic mass is 9.61. The SMILES string of the molecule is CNC[C@H](CC1CCCCC1)C1C([C@](O)(CCCCOC)C2CCCCC2)CCCN1C(N)=O. The van der Waals surface area contributed by atoms with Crippen molar-refractivity contribution in [2.75, 3.05) is 33.9 Å². The molecule has 3 fully saturated rings. The van der Waals surface area contributed by atoms with Crippen LogP contribution in [0.4, 0.5) is 4.79 Å². The molecule has 0 aromatic heterocycles. The van der Waals surface area contributed by atoms with Gasteiger partial charge in [0.05, 0.1) is 5.60 Å². The molecular formula is C28H53N3O3. The van der Waals surface area contributed by atoms with Crippen molar-refractivity contribution in [1.82, 2.24) is 10.2 Å². The maximum Gasteiger partial charge on any atom is 0.315 e. The summed E-state index contributed by atoms with van der Waals surface area (Å²) >= 11 is 0. The Hall–Kier alpha value is -0.850. The first-order valence-electron chi connectivity index (χ1n) is 14.4. The van der Waals surface area contributed by atoms with Crippen molar-refractivity contribution in [3.8, 4) is 0 Å². The molecule has 0 spiro atoms. The number of rotatable bonds is 12. The lowest BCUT2D eigenvalue weighted by Crippen LogP contribution is -2.63. The van der Waals surface area contributed by atoms with E-state index in [0.717, 1.165) is 77.0 Å². The van der Waals surface area contributed by atoms with Crippen molar-refractivity contribution in [1.29, 1.82) is 0 Å². The number of nitrogens with one attached hydrogen (secondary N) is 1. The summed E-state index contributed by atoms with van der Waals surface area (Å²) in [6, 6.07) is -0.278. The zero-order valence-corrected chi connectivity index (χ0v) is 22.1. The van der Waals surface area contributed by atoms with Crippen molar-refractivity contribution in [2.45, 2.75) is 114 Å². The molecule has 3 rings (SSSR count). The molecule has 198 valence electrons. The number of amides is 2. The number of hydrogen-bond acceptors (Lipinski definition) is 4. The van der Waals surface area contributed by atoms with Crippen molar-refractivity contribution in [3.05, 3.63) is 0 Å². The Morgan fingerprint density at radius 1 is 1.06 bits per heavy atom. The number of ether oxygens (including phenoxy) is 1. The summed E-state index contributed by atoms with van der Waals surface area (Å²) in [5, 5.41) is 16.1. The van der Waals surface area contributed by atoms with Gasteiger partial charge in [0.25, 0.3) is 0 Å². The fraction of sp³-hybridized carbons (Fsp3) is 0.964. The highest BCUT2D eigenvalue weighted by Crippen LogP contribution is 2.48.